The number of hydrogen-bond donors (Lipinski definition) is 4. The lowest BCUT2D eigenvalue weighted by Gasteiger charge is -2.39. The van der Waals surface area contributed by atoms with Crippen LogP contribution in [-0.4, -0.2) is 37.6 Å². The molecular formula is C31H33Cl2FN4O3. The van der Waals surface area contributed by atoms with Crippen molar-refractivity contribution in [2.75, 3.05) is 24.3 Å². The molecule has 41 heavy (non-hydrogen) atoms. The zero-order valence-electron chi connectivity index (χ0n) is 23.3. The number of nitrogens with one attached hydrogen (secondary N) is 3. The van der Waals surface area contributed by atoms with Crippen molar-refractivity contribution in [1.82, 2.24) is 5.32 Å². The van der Waals surface area contributed by atoms with Crippen LogP contribution in [0.3, 0.4) is 0 Å². The second kappa shape index (κ2) is 10.8. The van der Waals surface area contributed by atoms with Crippen LogP contribution in [0.4, 0.5) is 15.8 Å². The molecule has 216 valence electrons. The minimum Gasteiger partial charge on any atom is -0.495 e. The Labute approximate surface area is 248 Å². The van der Waals surface area contributed by atoms with E-state index in [4.69, 9.17) is 33.7 Å². The minimum absolute atomic E-state index is 0.0120. The Morgan fingerprint density at radius 3 is 2.59 bits per heavy atom. The van der Waals surface area contributed by atoms with E-state index in [0.29, 0.717) is 29.2 Å². The van der Waals surface area contributed by atoms with Crippen LogP contribution in [-0.2, 0) is 10.2 Å². The Kier molecular flexibility index (Phi) is 7.70. The highest BCUT2D eigenvalue weighted by atomic mass is 35.5. The lowest BCUT2D eigenvalue weighted by Crippen LogP contribution is -2.46. The van der Waals surface area contributed by atoms with Crippen molar-refractivity contribution >= 4 is 46.4 Å². The largest absolute Gasteiger partial charge is 0.495 e. The summed E-state index contributed by atoms with van der Waals surface area (Å²) in [7, 11) is 1.44. The van der Waals surface area contributed by atoms with E-state index in [-0.39, 0.29) is 33.7 Å². The number of primary amides is 1. The number of carbonyl (C=O) groups is 2. The summed E-state index contributed by atoms with van der Waals surface area (Å²) in [5, 5.41) is 10.6. The fourth-order valence-corrected chi connectivity index (χ4v) is 6.78. The standard InChI is InChI=1S/C31H33Cl2FN4O3/c1-30(2,3)14-24-31(15-36-22-13-17(32)9-10-19(22)31)25(18-6-5-7-20(33)26(18)34)27(38-24)29(40)37-21-11-8-16(28(35)39)12-23(21)41-4/h5-13,24-25,27,36,38H,14-15H2,1-4H3,(H2,35,39)(H,37,40)/t24-,25-,27+,31-/m1/s1. The maximum Gasteiger partial charge on any atom is 0.248 e. The van der Waals surface area contributed by atoms with Gasteiger partial charge in [0.25, 0.3) is 0 Å². The average Bonchev–Trinajstić information content (AvgIpc) is 3.43. The van der Waals surface area contributed by atoms with Crippen molar-refractivity contribution < 1.29 is 18.7 Å². The van der Waals surface area contributed by atoms with Crippen molar-refractivity contribution in [1.29, 1.82) is 0 Å². The van der Waals surface area contributed by atoms with Gasteiger partial charge in [-0.05, 0) is 59.4 Å². The van der Waals surface area contributed by atoms with E-state index in [1.807, 2.05) is 18.2 Å². The molecule has 0 aromatic heterocycles. The third-order valence-electron chi connectivity index (χ3n) is 8.10. The second-order valence-electron chi connectivity index (χ2n) is 11.9. The lowest BCUT2D eigenvalue weighted by molar-refractivity contribution is -0.118. The summed E-state index contributed by atoms with van der Waals surface area (Å²) in [5.74, 6) is -1.91. The Balaban J connectivity index is 1.66. The van der Waals surface area contributed by atoms with Crippen molar-refractivity contribution in [3.63, 3.8) is 0 Å². The molecule has 0 bridgehead atoms. The molecule has 0 unspecified atom stereocenters. The van der Waals surface area contributed by atoms with Crippen molar-refractivity contribution in [2.45, 2.75) is 50.6 Å². The van der Waals surface area contributed by atoms with Gasteiger partial charge in [0.15, 0.2) is 0 Å². The van der Waals surface area contributed by atoms with Crippen LogP contribution in [0, 0.1) is 11.2 Å². The molecule has 7 nitrogen and oxygen atoms in total. The highest BCUT2D eigenvalue weighted by Gasteiger charge is 2.61. The Bertz CT molecular complexity index is 1530. The molecule has 1 fully saturated rings. The van der Waals surface area contributed by atoms with E-state index in [0.717, 1.165) is 11.3 Å². The number of amides is 2. The molecule has 0 saturated carbocycles. The van der Waals surface area contributed by atoms with Gasteiger partial charge in [-0.2, -0.15) is 0 Å². The van der Waals surface area contributed by atoms with Crippen molar-refractivity contribution in [3.8, 4) is 5.75 Å². The first-order valence-electron chi connectivity index (χ1n) is 13.4. The number of nitrogens with two attached hydrogens (primary N) is 1. The molecule has 5 rings (SSSR count). The number of halogens is 3. The van der Waals surface area contributed by atoms with E-state index in [1.165, 1.54) is 25.3 Å². The highest BCUT2D eigenvalue weighted by molar-refractivity contribution is 6.31. The molecule has 10 heteroatoms. The fraction of sp³-hybridized carbons (Fsp3) is 0.355. The topological polar surface area (TPSA) is 105 Å². The monoisotopic (exact) mass is 598 g/mol. The predicted molar refractivity (Wildman–Crippen MR) is 161 cm³/mol. The highest BCUT2D eigenvalue weighted by Crippen LogP contribution is 2.56. The molecule has 2 aliphatic heterocycles. The molecule has 3 aromatic carbocycles. The quantitative estimate of drug-likeness (QED) is 0.274. The van der Waals surface area contributed by atoms with Gasteiger partial charge < -0.3 is 26.4 Å². The average molecular weight is 600 g/mol. The summed E-state index contributed by atoms with van der Waals surface area (Å²) < 4.78 is 21.3. The summed E-state index contributed by atoms with van der Waals surface area (Å²) in [6.45, 7) is 6.89. The van der Waals surface area contributed by atoms with E-state index in [1.54, 1.807) is 18.2 Å². The van der Waals surface area contributed by atoms with Gasteiger partial charge in [0.1, 0.15) is 11.6 Å². The molecule has 2 heterocycles. The van der Waals surface area contributed by atoms with Gasteiger partial charge in [-0.25, -0.2) is 4.39 Å². The minimum atomic E-state index is -0.848. The van der Waals surface area contributed by atoms with E-state index < -0.39 is 29.1 Å². The molecule has 2 aliphatic rings. The predicted octanol–water partition coefficient (Wildman–Crippen LogP) is 6.10. The molecule has 0 aliphatic carbocycles. The third kappa shape index (κ3) is 5.25. The molecule has 2 amide bonds. The van der Waals surface area contributed by atoms with E-state index in [9.17, 15) is 9.59 Å². The first kappa shape index (κ1) is 29.2. The Hall–Kier alpha value is -3.33. The maximum atomic E-state index is 15.9. The number of anilines is 2. The summed E-state index contributed by atoms with van der Waals surface area (Å²) in [5.41, 5.74) is 7.38. The summed E-state index contributed by atoms with van der Waals surface area (Å²) in [6.07, 6.45) is 0.704. The van der Waals surface area contributed by atoms with Crippen LogP contribution in [0.5, 0.6) is 5.75 Å². The molecule has 5 N–H and O–H groups in total. The summed E-state index contributed by atoms with van der Waals surface area (Å²) in [4.78, 5) is 25.9. The Morgan fingerprint density at radius 1 is 1.15 bits per heavy atom. The van der Waals surface area contributed by atoms with Gasteiger partial charge in [-0.1, -0.05) is 62.2 Å². The zero-order valence-corrected chi connectivity index (χ0v) is 24.8. The number of benzene rings is 3. The van der Waals surface area contributed by atoms with Gasteiger partial charge in [0.05, 0.1) is 23.9 Å². The molecule has 1 spiro atoms. The maximum absolute atomic E-state index is 15.9. The molecular weight excluding hydrogens is 566 g/mol. The number of rotatable bonds is 6. The fourth-order valence-electron chi connectivity index (χ4n) is 6.43. The number of methoxy groups -OCH3 is 1. The molecule has 4 atom stereocenters. The van der Waals surface area contributed by atoms with Gasteiger partial charge in [0, 0.05) is 40.2 Å². The number of fused-ring (bicyclic) bond motifs is 2. The molecule has 3 aromatic rings. The smallest absolute Gasteiger partial charge is 0.248 e. The molecule has 0 radical (unpaired) electrons. The summed E-state index contributed by atoms with van der Waals surface area (Å²) in [6, 6.07) is 14.1. The second-order valence-corrected chi connectivity index (χ2v) is 12.8. The van der Waals surface area contributed by atoms with Crippen molar-refractivity contribution in [2.24, 2.45) is 11.1 Å². The third-order valence-corrected chi connectivity index (χ3v) is 8.63. The van der Waals surface area contributed by atoms with Gasteiger partial charge in [-0.3, -0.25) is 9.59 Å². The van der Waals surface area contributed by atoms with Crippen molar-refractivity contribution in [3.05, 3.63) is 87.2 Å². The van der Waals surface area contributed by atoms with Gasteiger partial charge >= 0.3 is 0 Å². The van der Waals surface area contributed by atoms with Crippen LogP contribution >= 0.6 is 23.2 Å². The van der Waals surface area contributed by atoms with Crippen LogP contribution in [0.15, 0.2) is 54.6 Å². The number of hydrogen-bond acceptors (Lipinski definition) is 5. The van der Waals surface area contributed by atoms with E-state index in [2.05, 4.69) is 36.7 Å². The first-order valence-corrected chi connectivity index (χ1v) is 14.1. The van der Waals surface area contributed by atoms with Crippen LogP contribution in [0.1, 0.15) is 54.6 Å². The normalized spacial score (nSPS) is 23.2. The van der Waals surface area contributed by atoms with Crippen LogP contribution in [0.25, 0.3) is 0 Å². The first-order chi connectivity index (χ1) is 19.4. The van der Waals surface area contributed by atoms with Gasteiger partial charge in [0.2, 0.25) is 11.8 Å². The number of carbonyl (C=O) groups excluding carboxylic acids is 2. The van der Waals surface area contributed by atoms with Gasteiger partial charge in [-0.15, -0.1) is 0 Å². The van der Waals surface area contributed by atoms with E-state index >= 15 is 4.39 Å². The lowest BCUT2D eigenvalue weighted by atomic mass is 9.63. The molecule has 1 saturated heterocycles. The zero-order chi connectivity index (χ0) is 29.7. The van der Waals surface area contributed by atoms with Crippen LogP contribution < -0.4 is 26.4 Å². The SMILES string of the molecule is COc1cc(C(N)=O)ccc1NC(=O)[C@H]1N[C@H](CC(C)(C)C)[C@]2(CNc3cc(Cl)ccc32)[C@@H]1c1cccc(Cl)c1F. The Morgan fingerprint density at radius 2 is 1.90 bits per heavy atom. The summed E-state index contributed by atoms with van der Waals surface area (Å²) >= 11 is 12.7. The van der Waals surface area contributed by atoms with Crippen LogP contribution in [0.2, 0.25) is 10.0 Å². The number of ether oxygens (including phenoxy) is 1.